The molecule has 0 aliphatic carbocycles. The Morgan fingerprint density at radius 1 is 1.22 bits per heavy atom. The van der Waals surface area contributed by atoms with Crippen LogP contribution in [0.15, 0.2) is 65.0 Å². The van der Waals surface area contributed by atoms with E-state index in [9.17, 15) is 14.7 Å². The highest BCUT2D eigenvalue weighted by atomic mass is 16.5. The Hall–Kier alpha value is -3.79. The molecule has 7 heteroatoms. The zero-order valence-corrected chi connectivity index (χ0v) is 14.8. The van der Waals surface area contributed by atoms with E-state index in [-0.39, 0.29) is 29.3 Å². The Bertz CT molecular complexity index is 935. The minimum atomic E-state index is -0.811. The number of aromatic nitrogens is 1. The average molecular weight is 363 g/mol. The number of aliphatic hydroxyl groups is 1. The molecule has 0 spiro atoms. The van der Waals surface area contributed by atoms with Crippen LogP contribution in [-0.2, 0) is 9.53 Å². The van der Waals surface area contributed by atoms with E-state index in [4.69, 9.17) is 10.00 Å². The lowest BCUT2D eigenvalue weighted by Gasteiger charge is -2.12. The van der Waals surface area contributed by atoms with Crippen molar-refractivity contribution in [2.75, 3.05) is 6.61 Å². The first-order valence-corrected chi connectivity index (χ1v) is 8.09. The van der Waals surface area contributed by atoms with Crippen LogP contribution in [0.2, 0.25) is 0 Å². The minimum absolute atomic E-state index is 0.0615. The third-order valence-electron chi connectivity index (χ3n) is 3.46. The molecule has 27 heavy (non-hydrogen) atoms. The van der Waals surface area contributed by atoms with Crippen LogP contribution in [0, 0.1) is 11.3 Å². The molecule has 1 amide bonds. The lowest BCUT2D eigenvalue weighted by atomic mass is 10.00. The predicted molar refractivity (Wildman–Crippen MR) is 98.2 cm³/mol. The van der Waals surface area contributed by atoms with Crippen molar-refractivity contribution < 1.29 is 19.4 Å². The van der Waals surface area contributed by atoms with Crippen molar-refractivity contribution in [3.63, 3.8) is 0 Å². The minimum Gasteiger partial charge on any atom is -0.512 e. The summed E-state index contributed by atoms with van der Waals surface area (Å²) < 4.78 is 4.98. The van der Waals surface area contributed by atoms with E-state index >= 15 is 0 Å². The van der Waals surface area contributed by atoms with Gasteiger partial charge in [-0.1, -0.05) is 18.2 Å². The lowest BCUT2D eigenvalue weighted by Crippen LogP contribution is -2.20. The summed E-state index contributed by atoms with van der Waals surface area (Å²) in [5.41, 5.74) is 0.563. The van der Waals surface area contributed by atoms with E-state index in [1.54, 1.807) is 19.1 Å². The number of rotatable bonds is 5. The van der Waals surface area contributed by atoms with Crippen molar-refractivity contribution in [1.82, 2.24) is 4.98 Å². The van der Waals surface area contributed by atoms with Crippen LogP contribution in [0.3, 0.4) is 0 Å². The average Bonchev–Trinajstić information content (AvgIpc) is 2.68. The Balaban J connectivity index is 2.62. The van der Waals surface area contributed by atoms with Crippen LogP contribution in [0.4, 0.5) is 0 Å². The zero-order valence-electron chi connectivity index (χ0n) is 14.8. The quantitative estimate of drug-likeness (QED) is 0.378. The summed E-state index contributed by atoms with van der Waals surface area (Å²) in [6.07, 6.45) is 1.45. The van der Waals surface area contributed by atoms with E-state index in [2.05, 4.69) is 9.98 Å². The number of benzene rings is 1. The van der Waals surface area contributed by atoms with E-state index in [0.29, 0.717) is 11.1 Å². The molecule has 1 aromatic carbocycles. The fourth-order valence-electron chi connectivity index (χ4n) is 2.23. The first-order valence-electron chi connectivity index (χ1n) is 8.09. The number of nitrogens with zero attached hydrogens (tertiary/aromatic N) is 3. The largest absolute Gasteiger partial charge is 0.512 e. The molecule has 1 N–H and O–H groups in total. The van der Waals surface area contributed by atoms with E-state index in [1.807, 2.05) is 6.07 Å². The number of nitriles is 1. The predicted octanol–water partition coefficient (Wildman–Crippen LogP) is 2.98. The molecule has 0 aliphatic heterocycles. The van der Waals surface area contributed by atoms with Gasteiger partial charge in [-0.25, -0.2) is 9.79 Å². The number of carbonyl (C=O) groups is 2. The van der Waals surface area contributed by atoms with Gasteiger partial charge in [0.05, 0.1) is 24.0 Å². The van der Waals surface area contributed by atoms with Crippen molar-refractivity contribution in [2.45, 2.75) is 13.8 Å². The normalized spacial score (nSPS) is 12.0. The summed E-state index contributed by atoms with van der Waals surface area (Å²) in [7, 11) is 0. The number of aliphatic imine (C=N–C) groups is 1. The zero-order chi connectivity index (χ0) is 19.8. The summed E-state index contributed by atoms with van der Waals surface area (Å²) in [5.74, 6) is -1.84. The molecule has 2 rings (SSSR count). The fourth-order valence-corrected chi connectivity index (χ4v) is 2.23. The maximum Gasteiger partial charge on any atom is 0.343 e. The van der Waals surface area contributed by atoms with Gasteiger partial charge in [0.25, 0.3) is 5.91 Å². The van der Waals surface area contributed by atoms with Crippen molar-refractivity contribution in [2.24, 2.45) is 4.99 Å². The van der Waals surface area contributed by atoms with Gasteiger partial charge in [-0.3, -0.25) is 9.78 Å². The van der Waals surface area contributed by atoms with Crippen LogP contribution in [0.25, 0.3) is 0 Å². The highest BCUT2D eigenvalue weighted by Gasteiger charge is 2.24. The maximum atomic E-state index is 12.5. The molecular weight excluding hydrogens is 346 g/mol. The fraction of sp³-hybridized carbons (Fsp3) is 0.150. The third-order valence-corrected chi connectivity index (χ3v) is 3.46. The molecule has 1 aromatic heterocycles. The molecule has 0 unspecified atom stereocenters. The van der Waals surface area contributed by atoms with E-state index < -0.39 is 11.9 Å². The van der Waals surface area contributed by atoms with Gasteiger partial charge in [-0.2, -0.15) is 5.26 Å². The summed E-state index contributed by atoms with van der Waals surface area (Å²) in [6.45, 7) is 3.01. The number of ether oxygens (including phenoxy) is 1. The molecule has 0 saturated heterocycles. The Kier molecular flexibility index (Phi) is 6.55. The van der Waals surface area contributed by atoms with Gasteiger partial charge < -0.3 is 9.84 Å². The van der Waals surface area contributed by atoms with Crippen molar-refractivity contribution in [1.29, 1.82) is 5.26 Å². The van der Waals surface area contributed by atoms with E-state index in [1.165, 1.54) is 43.5 Å². The molecule has 7 nitrogen and oxygen atoms in total. The molecule has 1 heterocycles. The molecular formula is C20H17N3O4. The standard InChI is InChI=1S/C20H17N3O4/c1-3-27-20(26)17(13(2)24)18(15-9-7-14(12-21)8-10-15)23-19(25)16-6-4-5-11-22-16/h4-11,24H,3H2,1-2H3/b17-13+,23-18?. The maximum absolute atomic E-state index is 12.5. The number of pyridine rings is 1. The SMILES string of the molecule is CCOC(=O)/C(C(=NC(=O)c1ccccn1)c1ccc(C#N)cc1)=C(\C)O. The molecule has 0 saturated carbocycles. The smallest absolute Gasteiger partial charge is 0.343 e. The first-order chi connectivity index (χ1) is 13.0. The summed E-state index contributed by atoms with van der Waals surface area (Å²) in [4.78, 5) is 32.8. The molecule has 0 atom stereocenters. The van der Waals surface area contributed by atoms with Gasteiger partial charge in [-0.15, -0.1) is 0 Å². The number of aliphatic hydroxyl groups excluding tert-OH is 1. The second kappa shape index (κ2) is 9.06. The molecule has 136 valence electrons. The summed E-state index contributed by atoms with van der Waals surface area (Å²) in [6, 6.07) is 12.9. The monoisotopic (exact) mass is 363 g/mol. The first kappa shape index (κ1) is 19.5. The number of esters is 1. The number of amides is 1. The number of hydrogen-bond donors (Lipinski definition) is 1. The number of carbonyl (C=O) groups excluding carboxylic acids is 2. The number of allylic oxidation sites excluding steroid dienone is 1. The van der Waals surface area contributed by atoms with Crippen molar-refractivity contribution in [3.05, 3.63) is 76.8 Å². The van der Waals surface area contributed by atoms with Crippen molar-refractivity contribution >= 4 is 17.6 Å². The third kappa shape index (κ3) is 4.86. The van der Waals surface area contributed by atoms with Gasteiger partial charge in [0, 0.05) is 11.8 Å². The Morgan fingerprint density at radius 3 is 2.44 bits per heavy atom. The second-order valence-electron chi connectivity index (χ2n) is 5.35. The second-order valence-corrected chi connectivity index (χ2v) is 5.35. The summed E-state index contributed by atoms with van der Waals surface area (Å²) in [5, 5.41) is 19.0. The molecule has 0 aliphatic rings. The van der Waals surface area contributed by atoms with E-state index in [0.717, 1.165) is 0 Å². The lowest BCUT2D eigenvalue weighted by molar-refractivity contribution is -0.138. The Morgan fingerprint density at radius 2 is 1.93 bits per heavy atom. The van der Waals surface area contributed by atoms with Gasteiger partial charge in [0.15, 0.2) is 0 Å². The van der Waals surface area contributed by atoms with Crippen LogP contribution in [-0.4, -0.2) is 34.3 Å². The van der Waals surface area contributed by atoms with Gasteiger partial charge >= 0.3 is 5.97 Å². The topological polar surface area (TPSA) is 113 Å². The van der Waals surface area contributed by atoms with Crippen LogP contribution < -0.4 is 0 Å². The van der Waals surface area contributed by atoms with Crippen LogP contribution >= 0.6 is 0 Å². The highest BCUT2D eigenvalue weighted by molar-refractivity contribution is 6.29. The number of hydrogen-bond acceptors (Lipinski definition) is 6. The summed E-state index contributed by atoms with van der Waals surface area (Å²) >= 11 is 0. The molecule has 2 aromatic rings. The molecule has 0 bridgehead atoms. The van der Waals surface area contributed by atoms with Crippen LogP contribution in [0.5, 0.6) is 0 Å². The Labute approximate surface area is 156 Å². The van der Waals surface area contributed by atoms with Gasteiger partial charge in [0.2, 0.25) is 0 Å². The van der Waals surface area contributed by atoms with Gasteiger partial charge in [-0.05, 0) is 38.1 Å². The van der Waals surface area contributed by atoms with Crippen LogP contribution in [0.1, 0.15) is 35.5 Å². The highest BCUT2D eigenvalue weighted by Crippen LogP contribution is 2.17. The molecule has 0 fully saturated rings. The van der Waals surface area contributed by atoms with Gasteiger partial charge in [0.1, 0.15) is 17.0 Å². The molecule has 0 radical (unpaired) electrons. The van der Waals surface area contributed by atoms with Crippen molar-refractivity contribution in [3.8, 4) is 6.07 Å².